The van der Waals surface area contributed by atoms with Gasteiger partial charge in [0.25, 0.3) is 5.69 Å². The quantitative estimate of drug-likeness (QED) is 0.469. The molecule has 0 saturated heterocycles. The van der Waals surface area contributed by atoms with E-state index in [1.807, 2.05) is 0 Å². The van der Waals surface area contributed by atoms with Crippen molar-refractivity contribution >= 4 is 11.7 Å². The van der Waals surface area contributed by atoms with Crippen LogP contribution in [0.3, 0.4) is 0 Å². The largest absolute Gasteiger partial charge is 0.573 e. The number of alkyl halides is 3. The third kappa shape index (κ3) is 4.34. The van der Waals surface area contributed by atoms with Gasteiger partial charge >= 0.3 is 12.3 Å². The summed E-state index contributed by atoms with van der Waals surface area (Å²) in [6, 6.07) is 3.07. The Labute approximate surface area is 122 Å². The molecule has 1 rings (SSSR count). The molecule has 0 fully saturated rings. The molecule has 0 bridgehead atoms. The highest BCUT2D eigenvalue weighted by atomic mass is 19.4. The summed E-state index contributed by atoms with van der Waals surface area (Å²) in [6.45, 7) is 1.41. The van der Waals surface area contributed by atoms with Crippen LogP contribution in [0.15, 0.2) is 12.1 Å². The van der Waals surface area contributed by atoms with Gasteiger partial charge < -0.3 is 9.47 Å². The van der Waals surface area contributed by atoms with Gasteiger partial charge in [-0.15, -0.1) is 13.2 Å². The molecule has 0 unspecified atom stereocenters. The molecule has 10 heteroatoms. The Morgan fingerprint density at radius 3 is 2.55 bits per heavy atom. The number of nitro groups is 1. The smallest absolute Gasteiger partial charge is 0.466 e. The number of benzene rings is 1. The second-order valence-corrected chi connectivity index (χ2v) is 3.84. The number of esters is 1. The third-order valence-corrected chi connectivity index (χ3v) is 2.40. The lowest BCUT2D eigenvalue weighted by Crippen LogP contribution is -2.20. The molecule has 118 valence electrons. The van der Waals surface area contributed by atoms with Crippen molar-refractivity contribution in [3.63, 3.8) is 0 Å². The van der Waals surface area contributed by atoms with Crippen LogP contribution in [0.4, 0.5) is 18.9 Å². The van der Waals surface area contributed by atoms with Gasteiger partial charge in [-0.2, -0.15) is 5.26 Å². The van der Waals surface area contributed by atoms with E-state index in [4.69, 9.17) is 5.26 Å². The van der Waals surface area contributed by atoms with Crippen molar-refractivity contribution in [1.29, 1.82) is 5.26 Å². The molecule has 0 aliphatic heterocycles. The molecule has 0 heterocycles. The van der Waals surface area contributed by atoms with Crippen molar-refractivity contribution in [2.24, 2.45) is 0 Å². The molecule has 7 nitrogen and oxygen atoms in total. The maximum atomic E-state index is 12.4. The summed E-state index contributed by atoms with van der Waals surface area (Å²) in [5.74, 6) is -2.05. The van der Waals surface area contributed by atoms with E-state index >= 15 is 0 Å². The molecule has 0 aromatic heterocycles. The highest BCUT2D eigenvalue weighted by Crippen LogP contribution is 2.36. The summed E-state index contributed by atoms with van der Waals surface area (Å²) in [4.78, 5) is 21.4. The van der Waals surface area contributed by atoms with Crippen molar-refractivity contribution in [3.05, 3.63) is 33.4 Å². The van der Waals surface area contributed by atoms with Crippen LogP contribution in [0.5, 0.6) is 5.75 Å². The van der Waals surface area contributed by atoms with E-state index in [9.17, 15) is 28.1 Å². The summed E-state index contributed by atoms with van der Waals surface area (Å²) < 4.78 is 45.6. The van der Waals surface area contributed by atoms with Crippen LogP contribution < -0.4 is 4.74 Å². The summed E-state index contributed by atoms with van der Waals surface area (Å²) in [5, 5.41) is 19.7. The predicted octanol–water partition coefficient (Wildman–Crippen LogP) is 2.47. The fourth-order valence-electron chi connectivity index (χ4n) is 1.64. The van der Waals surface area contributed by atoms with Crippen LogP contribution in [-0.2, 0) is 16.0 Å². The van der Waals surface area contributed by atoms with Gasteiger partial charge in [-0.3, -0.25) is 14.9 Å². The van der Waals surface area contributed by atoms with Gasteiger partial charge in [0.05, 0.1) is 29.1 Å². The minimum Gasteiger partial charge on any atom is -0.466 e. The second-order valence-electron chi connectivity index (χ2n) is 3.84. The predicted molar refractivity (Wildman–Crippen MR) is 64.8 cm³/mol. The van der Waals surface area contributed by atoms with Gasteiger partial charge in [-0.05, 0) is 13.0 Å². The summed E-state index contributed by atoms with van der Waals surface area (Å²) in [6.07, 6.45) is -6.00. The summed E-state index contributed by atoms with van der Waals surface area (Å²) in [5.41, 5.74) is -2.02. The molecule has 1 aromatic carbocycles. The van der Waals surface area contributed by atoms with E-state index in [1.165, 1.54) is 13.0 Å². The van der Waals surface area contributed by atoms with E-state index in [2.05, 4.69) is 9.47 Å². The molecular weight excluding hydrogens is 309 g/mol. The Morgan fingerprint density at radius 1 is 1.45 bits per heavy atom. The van der Waals surface area contributed by atoms with Crippen LogP contribution in [0, 0.1) is 21.4 Å². The Morgan fingerprint density at radius 2 is 2.09 bits per heavy atom. The minimum absolute atomic E-state index is 0.0555. The standard InChI is InChI=1S/C12H9F3N2O5/c1-2-21-10(18)5-8-9(17(19)20)4-3-7(6-16)11(8)22-12(13,14)15/h3-4H,2,5H2,1H3. The average Bonchev–Trinajstić information content (AvgIpc) is 2.38. The monoisotopic (exact) mass is 318 g/mol. The van der Waals surface area contributed by atoms with E-state index in [0.29, 0.717) is 0 Å². The zero-order chi connectivity index (χ0) is 16.9. The number of nitrogens with zero attached hydrogens (tertiary/aromatic N) is 2. The molecule has 0 N–H and O–H groups in total. The minimum atomic E-state index is -5.18. The first-order chi connectivity index (χ1) is 10.2. The molecule has 22 heavy (non-hydrogen) atoms. The molecule has 0 saturated carbocycles. The SMILES string of the molecule is CCOC(=O)Cc1c([N+](=O)[O-])ccc(C#N)c1OC(F)(F)F. The Bertz CT molecular complexity index is 637. The van der Waals surface area contributed by atoms with Crippen molar-refractivity contribution in [2.45, 2.75) is 19.7 Å². The Hall–Kier alpha value is -2.83. The first-order valence-corrected chi connectivity index (χ1v) is 5.81. The molecule has 0 spiro atoms. The van der Waals surface area contributed by atoms with Crippen LogP contribution in [0.2, 0.25) is 0 Å². The number of hydrogen-bond donors (Lipinski definition) is 0. The Kier molecular flexibility index (Phi) is 5.28. The lowest BCUT2D eigenvalue weighted by molar-refractivity contribution is -0.385. The maximum Gasteiger partial charge on any atom is 0.573 e. The van der Waals surface area contributed by atoms with Crippen molar-refractivity contribution < 1.29 is 32.4 Å². The highest BCUT2D eigenvalue weighted by Gasteiger charge is 2.36. The van der Waals surface area contributed by atoms with Gasteiger partial charge in [0.15, 0.2) is 5.75 Å². The molecule has 0 aliphatic carbocycles. The molecule has 0 aliphatic rings. The number of rotatable bonds is 5. The Balaban J connectivity index is 3.47. The van der Waals surface area contributed by atoms with E-state index in [1.54, 1.807) is 0 Å². The van der Waals surface area contributed by atoms with Crippen LogP contribution in [0.25, 0.3) is 0 Å². The second kappa shape index (κ2) is 6.75. The topological polar surface area (TPSA) is 102 Å². The summed E-state index contributed by atoms with van der Waals surface area (Å²) >= 11 is 0. The number of nitriles is 1. The third-order valence-electron chi connectivity index (χ3n) is 2.40. The first kappa shape index (κ1) is 17.2. The lowest BCUT2D eigenvalue weighted by atomic mass is 10.0. The zero-order valence-corrected chi connectivity index (χ0v) is 11.1. The number of hydrogen-bond acceptors (Lipinski definition) is 6. The molecule has 0 atom stereocenters. The van der Waals surface area contributed by atoms with Gasteiger partial charge in [-0.25, -0.2) is 0 Å². The van der Waals surface area contributed by atoms with Crippen molar-refractivity contribution in [3.8, 4) is 11.8 Å². The normalized spacial score (nSPS) is 10.7. The number of nitro benzene ring substituents is 1. The number of halogens is 3. The summed E-state index contributed by atoms with van der Waals surface area (Å²) in [7, 11) is 0. The molecule has 0 radical (unpaired) electrons. The van der Waals surface area contributed by atoms with Crippen LogP contribution in [-0.4, -0.2) is 23.9 Å². The van der Waals surface area contributed by atoms with Crippen LogP contribution >= 0.6 is 0 Å². The number of carbonyl (C=O) groups excluding carboxylic acids is 1. The average molecular weight is 318 g/mol. The highest BCUT2D eigenvalue weighted by molar-refractivity contribution is 5.76. The molecular formula is C12H9F3N2O5. The maximum absolute atomic E-state index is 12.4. The van der Waals surface area contributed by atoms with E-state index < -0.39 is 46.2 Å². The fraction of sp³-hybridized carbons (Fsp3) is 0.333. The van der Waals surface area contributed by atoms with E-state index in [0.717, 1.165) is 12.1 Å². The molecule has 1 aromatic rings. The zero-order valence-electron chi connectivity index (χ0n) is 11.1. The van der Waals surface area contributed by atoms with Gasteiger partial charge in [0.2, 0.25) is 0 Å². The van der Waals surface area contributed by atoms with Crippen molar-refractivity contribution in [1.82, 2.24) is 0 Å². The fourth-order valence-corrected chi connectivity index (χ4v) is 1.64. The number of carbonyl (C=O) groups is 1. The van der Waals surface area contributed by atoms with Gasteiger partial charge in [-0.1, -0.05) is 0 Å². The van der Waals surface area contributed by atoms with Crippen molar-refractivity contribution in [2.75, 3.05) is 6.61 Å². The lowest BCUT2D eigenvalue weighted by Gasteiger charge is -2.14. The van der Waals surface area contributed by atoms with E-state index in [-0.39, 0.29) is 6.61 Å². The van der Waals surface area contributed by atoms with Crippen LogP contribution in [0.1, 0.15) is 18.1 Å². The molecule has 0 amide bonds. The van der Waals surface area contributed by atoms with Gasteiger partial charge in [0, 0.05) is 6.07 Å². The first-order valence-electron chi connectivity index (χ1n) is 5.81. The van der Waals surface area contributed by atoms with Gasteiger partial charge in [0.1, 0.15) is 6.07 Å². The number of ether oxygens (including phenoxy) is 2.